The monoisotopic (exact) mass is 390 g/mol. The number of anilines is 1. The van der Waals surface area contributed by atoms with Crippen molar-refractivity contribution in [1.29, 1.82) is 0 Å². The Labute approximate surface area is 157 Å². The molecule has 0 saturated carbocycles. The molecule has 2 aromatic carbocycles. The molecule has 0 aliphatic carbocycles. The van der Waals surface area contributed by atoms with Crippen molar-refractivity contribution in [3.05, 3.63) is 87.9 Å². The van der Waals surface area contributed by atoms with Crippen LogP contribution >= 0.6 is 11.3 Å². The summed E-state index contributed by atoms with van der Waals surface area (Å²) in [5, 5.41) is 8.16. The van der Waals surface area contributed by atoms with Crippen LogP contribution in [0.15, 0.2) is 71.1 Å². The SMILES string of the molecule is Fc1ccccc1C1=NN(c2ccc(C(F)(F)F)cc2)[C@H](c2cccs2)C1. The van der Waals surface area contributed by atoms with Gasteiger partial charge in [-0.25, -0.2) is 4.39 Å². The first-order valence-electron chi connectivity index (χ1n) is 8.26. The zero-order chi connectivity index (χ0) is 19.0. The quantitative estimate of drug-likeness (QED) is 0.482. The molecule has 2 heterocycles. The minimum Gasteiger partial charge on any atom is -0.257 e. The smallest absolute Gasteiger partial charge is 0.257 e. The number of hydrazone groups is 1. The minimum absolute atomic E-state index is 0.184. The lowest BCUT2D eigenvalue weighted by atomic mass is 10.0. The summed E-state index contributed by atoms with van der Waals surface area (Å²) < 4.78 is 52.7. The van der Waals surface area contributed by atoms with E-state index in [1.54, 1.807) is 23.2 Å². The van der Waals surface area contributed by atoms with Gasteiger partial charge in [0, 0.05) is 16.9 Å². The second kappa shape index (κ2) is 6.81. The van der Waals surface area contributed by atoms with E-state index >= 15 is 0 Å². The fourth-order valence-corrected chi connectivity index (χ4v) is 3.92. The van der Waals surface area contributed by atoms with E-state index in [1.165, 1.54) is 29.5 Å². The zero-order valence-electron chi connectivity index (χ0n) is 13.9. The summed E-state index contributed by atoms with van der Waals surface area (Å²) in [7, 11) is 0. The maximum Gasteiger partial charge on any atom is 0.416 e. The summed E-state index contributed by atoms with van der Waals surface area (Å²) in [6.45, 7) is 0. The van der Waals surface area contributed by atoms with Crippen LogP contribution in [0, 0.1) is 5.82 Å². The molecule has 0 saturated heterocycles. The maximum absolute atomic E-state index is 14.2. The molecule has 3 aromatic rings. The summed E-state index contributed by atoms with van der Waals surface area (Å²) in [6.07, 6.45) is -3.92. The number of rotatable bonds is 3. The largest absolute Gasteiger partial charge is 0.416 e. The van der Waals surface area contributed by atoms with Crippen molar-refractivity contribution in [3.63, 3.8) is 0 Å². The Morgan fingerprint density at radius 3 is 2.33 bits per heavy atom. The molecule has 0 N–H and O–H groups in total. The first kappa shape index (κ1) is 17.7. The molecule has 27 heavy (non-hydrogen) atoms. The predicted octanol–water partition coefficient (Wildman–Crippen LogP) is 6.26. The molecule has 138 valence electrons. The van der Waals surface area contributed by atoms with Crippen molar-refractivity contribution in [3.8, 4) is 0 Å². The first-order chi connectivity index (χ1) is 12.9. The summed E-state index contributed by atoms with van der Waals surface area (Å²) in [5.74, 6) is -0.365. The van der Waals surface area contributed by atoms with Crippen LogP contribution in [0.4, 0.5) is 23.2 Å². The fraction of sp³-hybridized carbons (Fsp3) is 0.150. The highest BCUT2D eigenvalue weighted by molar-refractivity contribution is 7.10. The maximum atomic E-state index is 14.2. The lowest BCUT2D eigenvalue weighted by Gasteiger charge is -2.23. The Morgan fingerprint density at radius 2 is 1.70 bits per heavy atom. The summed E-state index contributed by atoms with van der Waals surface area (Å²) in [4.78, 5) is 1.02. The fourth-order valence-electron chi connectivity index (χ4n) is 3.11. The molecule has 1 aromatic heterocycles. The van der Waals surface area contributed by atoms with Gasteiger partial charge in [0.05, 0.1) is 23.0 Å². The highest BCUT2D eigenvalue weighted by atomic mass is 32.1. The van der Waals surface area contributed by atoms with E-state index < -0.39 is 11.7 Å². The van der Waals surface area contributed by atoms with Gasteiger partial charge in [-0.15, -0.1) is 11.3 Å². The van der Waals surface area contributed by atoms with E-state index in [-0.39, 0.29) is 11.9 Å². The number of alkyl halides is 3. The van der Waals surface area contributed by atoms with E-state index in [0.717, 1.165) is 17.0 Å². The van der Waals surface area contributed by atoms with Crippen LogP contribution in [-0.2, 0) is 6.18 Å². The number of hydrogen-bond acceptors (Lipinski definition) is 3. The summed E-state index contributed by atoms with van der Waals surface area (Å²) >= 11 is 1.54. The van der Waals surface area contributed by atoms with Crippen molar-refractivity contribution < 1.29 is 17.6 Å². The molecule has 1 aliphatic heterocycles. The van der Waals surface area contributed by atoms with Gasteiger partial charge in [-0.2, -0.15) is 18.3 Å². The van der Waals surface area contributed by atoms with Crippen molar-refractivity contribution in [2.45, 2.75) is 18.6 Å². The molecule has 0 bridgehead atoms. The van der Waals surface area contributed by atoms with Crippen LogP contribution in [0.5, 0.6) is 0 Å². The van der Waals surface area contributed by atoms with Gasteiger partial charge in [-0.05, 0) is 41.8 Å². The molecule has 0 amide bonds. The molecule has 1 aliphatic rings. The lowest BCUT2D eigenvalue weighted by molar-refractivity contribution is -0.137. The Hall–Kier alpha value is -2.67. The van der Waals surface area contributed by atoms with Crippen LogP contribution in [0.2, 0.25) is 0 Å². The average molecular weight is 390 g/mol. The third-order valence-electron chi connectivity index (χ3n) is 4.43. The summed E-state index contributed by atoms with van der Waals surface area (Å²) in [5.41, 5.74) is 0.809. The van der Waals surface area contributed by atoms with E-state index in [4.69, 9.17) is 0 Å². The van der Waals surface area contributed by atoms with Crippen LogP contribution in [0.25, 0.3) is 0 Å². The Balaban J connectivity index is 1.73. The van der Waals surface area contributed by atoms with Crippen molar-refractivity contribution in [2.24, 2.45) is 5.10 Å². The van der Waals surface area contributed by atoms with E-state index in [0.29, 0.717) is 23.4 Å². The number of thiophene rings is 1. The standard InChI is InChI=1S/C20H14F4N2S/c21-16-5-2-1-4-15(16)17-12-18(19-6-3-11-27-19)26(25-17)14-9-7-13(8-10-14)20(22,23)24/h1-11,18H,12H2/t18-/m0/s1. The topological polar surface area (TPSA) is 15.6 Å². The number of benzene rings is 2. The molecule has 0 fully saturated rings. The van der Waals surface area contributed by atoms with Crippen molar-refractivity contribution in [2.75, 3.05) is 5.01 Å². The molecular formula is C20H14F4N2S. The van der Waals surface area contributed by atoms with Gasteiger partial charge in [-0.3, -0.25) is 5.01 Å². The lowest BCUT2D eigenvalue weighted by Crippen LogP contribution is -2.17. The Kier molecular flexibility index (Phi) is 4.47. The molecule has 2 nitrogen and oxygen atoms in total. The van der Waals surface area contributed by atoms with E-state index in [2.05, 4.69) is 5.10 Å². The van der Waals surface area contributed by atoms with Gasteiger partial charge in [-0.1, -0.05) is 24.3 Å². The molecule has 0 unspecified atom stereocenters. The number of nitrogens with zero attached hydrogens (tertiary/aromatic N) is 2. The van der Waals surface area contributed by atoms with E-state index in [9.17, 15) is 17.6 Å². The van der Waals surface area contributed by atoms with Gasteiger partial charge in [0.1, 0.15) is 5.82 Å². The third kappa shape index (κ3) is 3.47. The molecule has 0 spiro atoms. The second-order valence-electron chi connectivity index (χ2n) is 6.15. The van der Waals surface area contributed by atoms with Gasteiger partial charge < -0.3 is 0 Å². The first-order valence-corrected chi connectivity index (χ1v) is 9.14. The second-order valence-corrected chi connectivity index (χ2v) is 7.13. The van der Waals surface area contributed by atoms with Gasteiger partial charge >= 0.3 is 6.18 Å². The average Bonchev–Trinajstić information content (AvgIpc) is 3.31. The molecular weight excluding hydrogens is 376 g/mol. The van der Waals surface area contributed by atoms with Gasteiger partial charge in [0.2, 0.25) is 0 Å². The molecule has 1 atom stereocenters. The van der Waals surface area contributed by atoms with Crippen molar-refractivity contribution in [1.82, 2.24) is 0 Å². The van der Waals surface area contributed by atoms with Crippen LogP contribution in [0.1, 0.15) is 28.5 Å². The highest BCUT2D eigenvalue weighted by Gasteiger charge is 2.33. The zero-order valence-corrected chi connectivity index (χ0v) is 14.8. The molecule has 7 heteroatoms. The predicted molar refractivity (Wildman–Crippen MR) is 98.5 cm³/mol. The molecule has 0 radical (unpaired) electrons. The van der Waals surface area contributed by atoms with E-state index in [1.807, 2.05) is 17.5 Å². The normalized spacial score (nSPS) is 17.3. The van der Waals surface area contributed by atoms with Crippen LogP contribution in [0.3, 0.4) is 0 Å². The Morgan fingerprint density at radius 1 is 0.963 bits per heavy atom. The summed E-state index contributed by atoms with van der Waals surface area (Å²) in [6, 6.07) is 14.9. The van der Waals surface area contributed by atoms with Crippen LogP contribution in [-0.4, -0.2) is 5.71 Å². The minimum atomic E-state index is -4.39. The van der Waals surface area contributed by atoms with Crippen molar-refractivity contribution >= 4 is 22.7 Å². The number of halogens is 4. The molecule has 4 rings (SSSR count). The van der Waals surface area contributed by atoms with Gasteiger partial charge in [0.25, 0.3) is 0 Å². The Bertz CT molecular complexity index is 962. The number of hydrogen-bond donors (Lipinski definition) is 0. The van der Waals surface area contributed by atoms with Crippen LogP contribution < -0.4 is 5.01 Å². The third-order valence-corrected chi connectivity index (χ3v) is 5.40. The highest BCUT2D eigenvalue weighted by Crippen LogP contribution is 2.39. The van der Waals surface area contributed by atoms with Gasteiger partial charge in [0.15, 0.2) is 0 Å².